The fourth-order valence-corrected chi connectivity index (χ4v) is 2.61. The molecule has 0 fully saturated rings. The summed E-state index contributed by atoms with van der Waals surface area (Å²) in [4.78, 5) is 12.2. The Kier molecular flexibility index (Phi) is 5.22. The molecule has 0 atom stereocenters. The van der Waals surface area contributed by atoms with Crippen molar-refractivity contribution in [2.75, 3.05) is 12.4 Å². The Hall–Kier alpha value is -2.03. The van der Waals surface area contributed by atoms with Gasteiger partial charge in [0.25, 0.3) is 0 Å². The second-order valence-corrected chi connectivity index (χ2v) is 5.95. The van der Waals surface area contributed by atoms with E-state index in [1.165, 1.54) is 14.0 Å². The van der Waals surface area contributed by atoms with Crippen molar-refractivity contribution in [2.24, 2.45) is 0 Å². The summed E-state index contributed by atoms with van der Waals surface area (Å²) in [5.41, 5.74) is 0.514. The number of rotatable bonds is 4. The van der Waals surface area contributed by atoms with Crippen LogP contribution in [0.25, 0.3) is 0 Å². The van der Waals surface area contributed by atoms with Gasteiger partial charge in [0.2, 0.25) is 5.91 Å². The van der Waals surface area contributed by atoms with E-state index in [1.54, 1.807) is 12.1 Å². The highest BCUT2D eigenvalue weighted by Crippen LogP contribution is 2.35. The fraction of sp³-hybridized carbons (Fsp3) is 0.333. The summed E-state index contributed by atoms with van der Waals surface area (Å²) >= 11 is 2.87. The zero-order valence-corrected chi connectivity index (χ0v) is 14.7. The van der Waals surface area contributed by atoms with Crippen LogP contribution in [0.5, 0.6) is 5.75 Å². The highest BCUT2D eigenvalue weighted by Gasteiger charge is 2.38. The van der Waals surface area contributed by atoms with Gasteiger partial charge in [-0.1, -0.05) is 6.07 Å². The molecule has 0 aliphatic carbocycles. The lowest BCUT2D eigenvalue weighted by Gasteiger charge is -2.11. The van der Waals surface area contributed by atoms with E-state index in [1.807, 2.05) is 13.0 Å². The van der Waals surface area contributed by atoms with E-state index in [0.29, 0.717) is 11.4 Å². The van der Waals surface area contributed by atoms with Crippen LogP contribution in [0.4, 0.5) is 18.9 Å². The molecule has 130 valence electrons. The van der Waals surface area contributed by atoms with Crippen LogP contribution in [0, 0.1) is 13.8 Å². The zero-order valence-electron chi connectivity index (χ0n) is 13.2. The normalized spacial score (nSPS) is 11.5. The molecular formula is C15H15BrF3N3O2. The zero-order chi connectivity index (χ0) is 18.1. The topological polar surface area (TPSA) is 56.1 Å². The van der Waals surface area contributed by atoms with Crippen LogP contribution in [0.3, 0.4) is 0 Å². The first-order valence-corrected chi connectivity index (χ1v) is 7.67. The van der Waals surface area contributed by atoms with E-state index < -0.39 is 17.8 Å². The SMILES string of the molecule is COc1ccc(C)cc1NC(=O)Cn1nc(C(F)(F)F)c(Br)c1C. The lowest BCUT2D eigenvalue weighted by Crippen LogP contribution is -2.21. The van der Waals surface area contributed by atoms with E-state index in [2.05, 4.69) is 26.3 Å². The monoisotopic (exact) mass is 405 g/mol. The molecule has 0 radical (unpaired) electrons. The van der Waals surface area contributed by atoms with Gasteiger partial charge >= 0.3 is 6.18 Å². The van der Waals surface area contributed by atoms with Crippen molar-refractivity contribution in [1.82, 2.24) is 9.78 Å². The van der Waals surface area contributed by atoms with Crippen molar-refractivity contribution in [3.8, 4) is 5.75 Å². The average molecular weight is 406 g/mol. The van der Waals surface area contributed by atoms with E-state index >= 15 is 0 Å². The van der Waals surface area contributed by atoms with Crippen LogP contribution in [0.1, 0.15) is 17.0 Å². The number of alkyl halides is 3. The second kappa shape index (κ2) is 6.84. The summed E-state index contributed by atoms with van der Waals surface area (Å²) in [7, 11) is 1.46. The first-order valence-electron chi connectivity index (χ1n) is 6.88. The molecule has 0 saturated heterocycles. The van der Waals surface area contributed by atoms with Crippen molar-refractivity contribution in [3.63, 3.8) is 0 Å². The fourth-order valence-electron chi connectivity index (χ4n) is 2.10. The number of methoxy groups -OCH3 is 1. The number of ether oxygens (including phenoxy) is 1. The molecule has 0 saturated carbocycles. The van der Waals surface area contributed by atoms with Crippen LogP contribution < -0.4 is 10.1 Å². The number of nitrogens with one attached hydrogen (secondary N) is 1. The Morgan fingerprint density at radius 2 is 2.04 bits per heavy atom. The van der Waals surface area contributed by atoms with Gasteiger partial charge < -0.3 is 10.1 Å². The lowest BCUT2D eigenvalue weighted by molar-refractivity contribution is -0.142. The van der Waals surface area contributed by atoms with Gasteiger partial charge in [0.1, 0.15) is 12.3 Å². The standard InChI is InChI=1S/C15H15BrF3N3O2/c1-8-4-5-11(24-3)10(6-8)20-12(23)7-22-9(2)13(16)14(21-22)15(17,18)19/h4-6H,7H2,1-3H3,(H,20,23). The number of hydrogen-bond donors (Lipinski definition) is 1. The van der Waals surface area contributed by atoms with Crippen LogP contribution >= 0.6 is 15.9 Å². The molecule has 0 bridgehead atoms. The van der Waals surface area contributed by atoms with Gasteiger partial charge in [-0.15, -0.1) is 0 Å². The third kappa shape index (κ3) is 3.89. The maximum atomic E-state index is 12.8. The number of aromatic nitrogens is 2. The van der Waals surface area contributed by atoms with E-state index in [0.717, 1.165) is 10.2 Å². The molecule has 0 aliphatic rings. The minimum atomic E-state index is -4.59. The predicted molar refractivity (Wildman–Crippen MR) is 86.0 cm³/mol. The number of amides is 1. The van der Waals surface area contributed by atoms with Gasteiger partial charge in [-0.25, -0.2) is 0 Å². The summed E-state index contributed by atoms with van der Waals surface area (Å²) < 4.78 is 44.5. The van der Waals surface area contributed by atoms with Crippen molar-refractivity contribution < 1.29 is 22.7 Å². The Morgan fingerprint density at radius 3 is 2.58 bits per heavy atom. The number of benzene rings is 1. The summed E-state index contributed by atoms with van der Waals surface area (Å²) in [6.07, 6.45) is -4.59. The molecule has 0 spiro atoms. The average Bonchev–Trinajstić information content (AvgIpc) is 2.76. The van der Waals surface area contributed by atoms with E-state index in [-0.39, 0.29) is 16.7 Å². The highest BCUT2D eigenvalue weighted by molar-refractivity contribution is 9.10. The summed E-state index contributed by atoms with van der Waals surface area (Å²) in [5, 5.41) is 6.10. The molecule has 1 heterocycles. The maximum Gasteiger partial charge on any atom is 0.436 e. The third-order valence-electron chi connectivity index (χ3n) is 3.32. The Bertz CT molecular complexity index is 772. The number of carbonyl (C=O) groups is 1. The number of hydrogen-bond acceptors (Lipinski definition) is 3. The minimum absolute atomic E-state index is 0.170. The Morgan fingerprint density at radius 1 is 1.38 bits per heavy atom. The number of carbonyl (C=O) groups excluding carboxylic acids is 1. The van der Waals surface area contributed by atoms with Crippen molar-refractivity contribution in [3.05, 3.63) is 39.6 Å². The summed E-state index contributed by atoms with van der Waals surface area (Å²) in [6, 6.07) is 5.23. The molecule has 1 aromatic carbocycles. The van der Waals surface area contributed by atoms with Crippen LogP contribution in [-0.4, -0.2) is 22.8 Å². The van der Waals surface area contributed by atoms with Gasteiger partial charge in [0, 0.05) is 0 Å². The van der Waals surface area contributed by atoms with Crippen molar-refractivity contribution in [1.29, 1.82) is 0 Å². The smallest absolute Gasteiger partial charge is 0.436 e. The highest BCUT2D eigenvalue weighted by atomic mass is 79.9. The maximum absolute atomic E-state index is 12.8. The molecule has 9 heteroatoms. The number of nitrogens with zero attached hydrogens (tertiary/aromatic N) is 2. The predicted octanol–water partition coefficient (Wildman–Crippen LogP) is 3.93. The molecule has 2 rings (SSSR count). The van der Waals surface area contributed by atoms with Gasteiger partial charge in [-0.2, -0.15) is 18.3 Å². The number of halogens is 4. The Balaban J connectivity index is 2.21. The first kappa shape index (κ1) is 18.3. The molecule has 5 nitrogen and oxygen atoms in total. The summed E-state index contributed by atoms with van der Waals surface area (Å²) in [5.74, 6) is -0.0472. The second-order valence-electron chi connectivity index (χ2n) is 5.16. The first-order chi connectivity index (χ1) is 11.1. The Labute approximate surface area is 144 Å². The van der Waals surface area contributed by atoms with Crippen molar-refractivity contribution in [2.45, 2.75) is 26.6 Å². The van der Waals surface area contributed by atoms with Crippen LogP contribution in [0.15, 0.2) is 22.7 Å². The lowest BCUT2D eigenvalue weighted by atomic mass is 10.2. The van der Waals surface area contributed by atoms with Crippen LogP contribution in [-0.2, 0) is 17.5 Å². The van der Waals surface area contributed by atoms with E-state index in [4.69, 9.17) is 4.74 Å². The molecule has 0 aliphatic heterocycles. The van der Waals surface area contributed by atoms with Gasteiger partial charge in [-0.05, 0) is 47.5 Å². The minimum Gasteiger partial charge on any atom is -0.495 e. The van der Waals surface area contributed by atoms with Gasteiger partial charge in [-0.3, -0.25) is 9.48 Å². The van der Waals surface area contributed by atoms with E-state index in [9.17, 15) is 18.0 Å². The quantitative estimate of drug-likeness (QED) is 0.838. The summed E-state index contributed by atoms with van der Waals surface area (Å²) in [6.45, 7) is 2.95. The molecule has 0 unspecified atom stereocenters. The molecule has 1 aromatic heterocycles. The van der Waals surface area contributed by atoms with Gasteiger partial charge in [0.15, 0.2) is 5.69 Å². The molecule has 2 aromatic rings. The molecule has 1 amide bonds. The van der Waals surface area contributed by atoms with Gasteiger partial charge in [0.05, 0.1) is 23.0 Å². The molecular weight excluding hydrogens is 391 g/mol. The number of anilines is 1. The number of aryl methyl sites for hydroxylation is 1. The largest absolute Gasteiger partial charge is 0.495 e. The van der Waals surface area contributed by atoms with Crippen molar-refractivity contribution >= 4 is 27.5 Å². The molecule has 24 heavy (non-hydrogen) atoms. The third-order valence-corrected chi connectivity index (χ3v) is 4.27. The van der Waals surface area contributed by atoms with Crippen LogP contribution in [0.2, 0.25) is 0 Å². The molecule has 1 N–H and O–H groups in total.